The zero-order valence-corrected chi connectivity index (χ0v) is 17.5. The van der Waals surface area contributed by atoms with Crippen LogP contribution in [0, 0.1) is 6.92 Å². The van der Waals surface area contributed by atoms with Crippen LogP contribution in [0.3, 0.4) is 0 Å². The highest BCUT2D eigenvalue weighted by molar-refractivity contribution is 6.31. The first-order valence-corrected chi connectivity index (χ1v) is 10.3. The molecule has 29 heavy (non-hydrogen) atoms. The van der Waals surface area contributed by atoms with Crippen molar-refractivity contribution in [1.29, 1.82) is 0 Å². The van der Waals surface area contributed by atoms with Gasteiger partial charge in [0.1, 0.15) is 11.6 Å². The fourth-order valence-corrected chi connectivity index (χ4v) is 3.78. The van der Waals surface area contributed by atoms with Crippen LogP contribution in [0.1, 0.15) is 31.4 Å². The van der Waals surface area contributed by atoms with Gasteiger partial charge in [-0.15, -0.1) is 5.10 Å². The van der Waals surface area contributed by atoms with Crippen LogP contribution in [0.4, 0.5) is 17.5 Å². The Kier molecular flexibility index (Phi) is 6.01. The molecule has 9 heteroatoms. The summed E-state index contributed by atoms with van der Waals surface area (Å²) in [5, 5.41) is 15.4. The number of ether oxygens (including phenoxy) is 1. The number of benzene rings is 1. The van der Waals surface area contributed by atoms with Crippen molar-refractivity contribution in [3.8, 4) is 5.75 Å². The summed E-state index contributed by atoms with van der Waals surface area (Å²) >= 11 is 6.12. The van der Waals surface area contributed by atoms with Crippen molar-refractivity contribution in [3.05, 3.63) is 35.0 Å². The molecule has 1 aromatic carbocycles. The molecule has 0 saturated carbocycles. The van der Waals surface area contributed by atoms with Crippen LogP contribution >= 0.6 is 11.6 Å². The normalized spacial score (nSPS) is 16.7. The average Bonchev–Trinajstić information content (AvgIpc) is 3.11. The number of nitrogens with one attached hydrogen (secondary N) is 3. The van der Waals surface area contributed by atoms with Gasteiger partial charge >= 0.3 is 0 Å². The van der Waals surface area contributed by atoms with Gasteiger partial charge in [-0.3, -0.25) is 0 Å². The second-order valence-corrected chi connectivity index (χ2v) is 7.70. The van der Waals surface area contributed by atoms with Crippen molar-refractivity contribution < 1.29 is 4.74 Å². The SMILES string of the molecule is COc1ccc(Cl)cc1Nc1nc2nc(C)cc(NCCC3CCCCN3)n2n1. The fourth-order valence-electron chi connectivity index (χ4n) is 3.61. The van der Waals surface area contributed by atoms with E-state index in [1.807, 2.05) is 13.0 Å². The number of aromatic nitrogens is 4. The predicted octanol–water partition coefficient (Wildman–Crippen LogP) is 3.78. The Morgan fingerprint density at radius 1 is 1.28 bits per heavy atom. The predicted molar refractivity (Wildman–Crippen MR) is 116 cm³/mol. The van der Waals surface area contributed by atoms with E-state index in [0.29, 0.717) is 34.2 Å². The third-order valence-corrected chi connectivity index (χ3v) is 5.29. The molecule has 1 aliphatic heterocycles. The Morgan fingerprint density at radius 2 is 2.17 bits per heavy atom. The highest BCUT2D eigenvalue weighted by Gasteiger charge is 2.14. The Bertz CT molecular complexity index is 984. The van der Waals surface area contributed by atoms with E-state index >= 15 is 0 Å². The molecular formula is C20H26ClN7O. The molecule has 0 radical (unpaired) electrons. The van der Waals surface area contributed by atoms with Crippen molar-refractivity contribution in [1.82, 2.24) is 24.9 Å². The molecule has 0 amide bonds. The first-order chi connectivity index (χ1) is 14.1. The Hall–Kier alpha value is -2.58. The monoisotopic (exact) mass is 415 g/mol. The van der Waals surface area contributed by atoms with Gasteiger partial charge < -0.3 is 20.7 Å². The number of piperidine rings is 1. The molecule has 1 saturated heterocycles. The third-order valence-electron chi connectivity index (χ3n) is 5.06. The van der Waals surface area contributed by atoms with Crippen LogP contribution in [0.25, 0.3) is 5.78 Å². The average molecular weight is 416 g/mol. The van der Waals surface area contributed by atoms with E-state index in [2.05, 4.69) is 31.0 Å². The molecule has 1 atom stereocenters. The highest BCUT2D eigenvalue weighted by atomic mass is 35.5. The minimum absolute atomic E-state index is 0.431. The smallest absolute Gasteiger partial charge is 0.256 e. The number of methoxy groups -OCH3 is 1. The van der Waals surface area contributed by atoms with Crippen molar-refractivity contribution in [2.45, 2.75) is 38.6 Å². The summed E-state index contributed by atoms with van der Waals surface area (Å²) in [6.07, 6.45) is 4.90. The fraction of sp³-hybridized carbons (Fsp3) is 0.450. The number of halogens is 1. The molecule has 3 aromatic rings. The molecule has 0 bridgehead atoms. The lowest BCUT2D eigenvalue weighted by atomic mass is 10.0. The van der Waals surface area contributed by atoms with Gasteiger partial charge in [0.15, 0.2) is 0 Å². The number of hydrogen-bond donors (Lipinski definition) is 3. The van der Waals surface area contributed by atoms with E-state index in [1.165, 1.54) is 19.3 Å². The Labute approximate surface area is 175 Å². The lowest BCUT2D eigenvalue weighted by molar-refractivity contribution is 0.388. The van der Waals surface area contributed by atoms with E-state index in [9.17, 15) is 0 Å². The minimum Gasteiger partial charge on any atom is -0.495 e. The first kappa shape index (κ1) is 19.7. The summed E-state index contributed by atoms with van der Waals surface area (Å²) in [4.78, 5) is 9.01. The van der Waals surface area contributed by atoms with Crippen molar-refractivity contribution in [3.63, 3.8) is 0 Å². The van der Waals surface area contributed by atoms with Gasteiger partial charge in [0, 0.05) is 29.4 Å². The topological polar surface area (TPSA) is 88.4 Å². The lowest BCUT2D eigenvalue weighted by Crippen LogP contribution is -2.35. The van der Waals surface area contributed by atoms with Crippen LogP contribution in [0.5, 0.6) is 5.75 Å². The molecule has 1 unspecified atom stereocenters. The lowest BCUT2D eigenvalue weighted by Gasteiger charge is -2.23. The summed E-state index contributed by atoms with van der Waals surface area (Å²) in [5.74, 6) is 2.50. The van der Waals surface area contributed by atoms with Crippen LogP contribution in [-0.2, 0) is 0 Å². The van der Waals surface area contributed by atoms with E-state index < -0.39 is 0 Å². The van der Waals surface area contributed by atoms with E-state index in [4.69, 9.17) is 16.3 Å². The van der Waals surface area contributed by atoms with E-state index in [-0.39, 0.29) is 0 Å². The van der Waals surface area contributed by atoms with Crippen molar-refractivity contribution >= 4 is 34.8 Å². The molecule has 8 nitrogen and oxygen atoms in total. The van der Waals surface area contributed by atoms with Crippen LogP contribution in [0.2, 0.25) is 5.02 Å². The molecule has 0 aliphatic carbocycles. The maximum atomic E-state index is 6.12. The number of rotatable bonds is 7. The van der Waals surface area contributed by atoms with Crippen molar-refractivity contribution in [2.24, 2.45) is 0 Å². The Balaban J connectivity index is 1.52. The van der Waals surface area contributed by atoms with Gasteiger partial charge in [-0.1, -0.05) is 18.0 Å². The largest absolute Gasteiger partial charge is 0.495 e. The van der Waals surface area contributed by atoms with Gasteiger partial charge in [-0.25, -0.2) is 4.98 Å². The number of anilines is 3. The molecule has 4 rings (SSSR count). The standard InChI is InChI=1S/C20H26ClN7O/c1-13-11-18(23-10-8-15-5-3-4-9-22-15)28-20(24-13)26-19(27-28)25-16-12-14(21)6-7-17(16)29-2/h6-7,11-12,15,22-23H,3-5,8-10H2,1-2H3,(H,25,27). The van der Waals surface area contributed by atoms with Crippen LogP contribution in [-0.4, -0.2) is 45.8 Å². The minimum atomic E-state index is 0.431. The zero-order chi connectivity index (χ0) is 20.2. The molecule has 154 valence electrons. The highest BCUT2D eigenvalue weighted by Crippen LogP contribution is 2.29. The van der Waals surface area contributed by atoms with Crippen LogP contribution in [0.15, 0.2) is 24.3 Å². The second kappa shape index (κ2) is 8.84. The maximum absolute atomic E-state index is 6.12. The summed E-state index contributed by atoms with van der Waals surface area (Å²) in [6.45, 7) is 3.94. The van der Waals surface area contributed by atoms with Gasteiger partial charge in [-0.05, 0) is 50.9 Å². The maximum Gasteiger partial charge on any atom is 0.256 e. The Morgan fingerprint density at radius 3 is 2.97 bits per heavy atom. The number of aryl methyl sites for hydroxylation is 1. The second-order valence-electron chi connectivity index (χ2n) is 7.26. The molecular weight excluding hydrogens is 390 g/mol. The van der Waals surface area contributed by atoms with Gasteiger partial charge in [0.05, 0.1) is 12.8 Å². The summed E-state index contributed by atoms with van der Waals surface area (Å²) in [7, 11) is 1.61. The van der Waals surface area contributed by atoms with Crippen molar-refractivity contribution in [2.75, 3.05) is 30.8 Å². The molecule has 3 heterocycles. The molecule has 0 spiro atoms. The molecule has 3 N–H and O–H groups in total. The van der Waals surface area contributed by atoms with Gasteiger partial charge in [0.2, 0.25) is 5.95 Å². The van der Waals surface area contributed by atoms with E-state index in [0.717, 1.165) is 31.0 Å². The summed E-state index contributed by atoms with van der Waals surface area (Å²) in [5.41, 5.74) is 1.58. The van der Waals surface area contributed by atoms with Gasteiger partial charge in [0.25, 0.3) is 5.78 Å². The zero-order valence-electron chi connectivity index (χ0n) is 16.7. The van der Waals surface area contributed by atoms with E-state index in [1.54, 1.807) is 29.8 Å². The number of nitrogens with zero attached hydrogens (tertiary/aromatic N) is 4. The number of fused-ring (bicyclic) bond motifs is 1. The number of hydrogen-bond acceptors (Lipinski definition) is 7. The molecule has 1 fully saturated rings. The first-order valence-electron chi connectivity index (χ1n) is 9.94. The summed E-state index contributed by atoms with van der Waals surface area (Å²) in [6, 6.07) is 7.92. The van der Waals surface area contributed by atoms with Crippen LogP contribution < -0.4 is 20.7 Å². The summed E-state index contributed by atoms with van der Waals surface area (Å²) < 4.78 is 7.11. The quantitative estimate of drug-likeness (QED) is 0.541. The molecule has 2 aromatic heterocycles. The third kappa shape index (κ3) is 4.71. The van der Waals surface area contributed by atoms with Gasteiger partial charge in [-0.2, -0.15) is 9.50 Å². The molecule has 1 aliphatic rings.